The molecule has 6 nitrogen and oxygen atoms in total. The molecule has 0 aromatic heterocycles. The molecule has 1 rings (SSSR count). The van der Waals surface area contributed by atoms with E-state index < -0.39 is 34.2 Å². The molecule has 11 heteroatoms. The van der Waals surface area contributed by atoms with Gasteiger partial charge in [0.1, 0.15) is 6.54 Å². The number of halogens is 4. The first-order valence-corrected chi connectivity index (χ1v) is 9.16. The third-order valence-corrected chi connectivity index (χ3v) is 5.57. The second kappa shape index (κ2) is 9.54. The van der Waals surface area contributed by atoms with E-state index in [4.69, 9.17) is 5.73 Å². The molecule has 1 aromatic rings. The molecule has 0 heterocycles. The average molecular weight is 418 g/mol. The van der Waals surface area contributed by atoms with Gasteiger partial charge >= 0.3 is 6.18 Å². The van der Waals surface area contributed by atoms with E-state index in [9.17, 15) is 26.4 Å². The van der Waals surface area contributed by atoms with Gasteiger partial charge in [0.2, 0.25) is 10.0 Å². The van der Waals surface area contributed by atoms with Gasteiger partial charge in [-0.15, -0.1) is 12.4 Å². The Bertz CT molecular complexity index is 682. The van der Waals surface area contributed by atoms with Crippen molar-refractivity contribution in [3.05, 3.63) is 29.8 Å². The lowest BCUT2D eigenvalue weighted by atomic mass is 9.95. The van der Waals surface area contributed by atoms with Gasteiger partial charge in [0.25, 0.3) is 5.91 Å². The van der Waals surface area contributed by atoms with E-state index in [1.807, 2.05) is 13.8 Å². The topological polar surface area (TPSA) is 101 Å². The molecule has 1 aromatic carbocycles. The fraction of sp³-hybridized carbons (Fsp3) is 0.533. The highest BCUT2D eigenvalue weighted by Gasteiger charge is 2.31. The second-order valence-electron chi connectivity index (χ2n) is 5.62. The zero-order valence-corrected chi connectivity index (χ0v) is 16.0. The largest absolute Gasteiger partial charge is 0.405 e. The highest BCUT2D eigenvalue weighted by molar-refractivity contribution is 7.89. The summed E-state index contributed by atoms with van der Waals surface area (Å²) in [6.45, 7) is 2.29. The minimum absolute atomic E-state index is 0. The summed E-state index contributed by atoms with van der Waals surface area (Å²) < 4.78 is 63.8. The lowest BCUT2D eigenvalue weighted by Crippen LogP contribution is -2.52. The molecule has 0 radical (unpaired) electrons. The summed E-state index contributed by atoms with van der Waals surface area (Å²) in [6, 6.07) is 4.64. The van der Waals surface area contributed by atoms with Crippen LogP contribution in [0.5, 0.6) is 0 Å². The molecule has 0 atom stereocenters. The van der Waals surface area contributed by atoms with Crippen molar-refractivity contribution in [2.75, 3.05) is 13.1 Å². The zero-order chi connectivity index (χ0) is 19.3. The molecule has 0 aliphatic carbocycles. The summed E-state index contributed by atoms with van der Waals surface area (Å²) in [4.78, 5) is 11.5. The Hall–Kier alpha value is -1.36. The highest BCUT2D eigenvalue weighted by atomic mass is 35.5. The molecule has 0 saturated heterocycles. The molecule has 0 fully saturated rings. The molecule has 0 aliphatic heterocycles. The van der Waals surface area contributed by atoms with Gasteiger partial charge in [-0.2, -0.15) is 13.2 Å². The van der Waals surface area contributed by atoms with Crippen LogP contribution in [0, 0.1) is 0 Å². The van der Waals surface area contributed by atoms with Crippen molar-refractivity contribution in [3.8, 4) is 0 Å². The number of hydrogen-bond donors (Lipinski definition) is 3. The normalized spacial score (nSPS) is 12.4. The van der Waals surface area contributed by atoms with Crippen LogP contribution >= 0.6 is 12.4 Å². The van der Waals surface area contributed by atoms with Gasteiger partial charge in [0, 0.05) is 17.6 Å². The van der Waals surface area contributed by atoms with E-state index in [2.05, 4.69) is 4.72 Å². The van der Waals surface area contributed by atoms with Crippen molar-refractivity contribution >= 4 is 28.3 Å². The van der Waals surface area contributed by atoms with Gasteiger partial charge in [0.05, 0.1) is 4.90 Å². The third-order valence-electron chi connectivity index (χ3n) is 3.97. The zero-order valence-electron chi connectivity index (χ0n) is 14.4. The maximum atomic E-state index is 12.4. The number of carbonyl (C=O) groups is 1. The van der Waals surface area contributed by atoms with Crippen molar-refractivity contribution in [1.29, 1.82) is 0 Å². The van der Waals surface area contributed by atoms with Crippen LogP contribution in [0.15, 0.2) is 29.2 Å². The average Bonchev–Trinajstić information content (AvgIpc) is 2.57. The van der Waals surface area contributed by atoms with Gasteiger partial charge in [-0.05, 0) is 37.1 Å². The van der Waals surface area contributed by atoms with Crippen molar-refractivity contribution in [3.63, 3.8) is 0 Å². The Kier molecular flexibility index (Phi) is 9.04. The second-order valence-corrected chi connectivity index (χ2v) is 7.30. The SMILES string of the molecule is CCC(CC)(CN)NS(=O)(=O)c1ccc(C(=O)NCC(F)(F)F)cc1.Cl. The van der Waals surface area contributed by atoms with E-state index in [-0.39, 0.29) is 29.4 Å². The van der Waals surface area contributed by atoms with E-state index >= 15 is 0 Å². The fourth-order valence-electron chi connectivity index (χ4n) is 2.14. The molecule has 1 amide bonds. The quantitative estimate of drug-likeness (QED) is 0.603. The Balaban J connectivity index is 0.00000625. The highest BCUT2D eigenvalue weighted by Crippen LogP contribution is 2.19. The molecule has 0 spiro atoms. The number of amides is 1. The number of rotatable bonds is 8. The smallest absolute Gasteiger partial charge is 0.343 e. The summed E-state index contributed by atoms with van der Waals surface area (Å²) >= 11 is 0. The van der Waals surface area contributed by atoms with E-state index in [0.29, 0.717) is 12.8 Å². The number of alkyl halides is 3. The van der Waals surface area contributed by atoms with Gasteiger partial charge in [0.15, 0.2) is 0 Å². The van der Waals surface area contributed by atoms with Gasteiger partial charge in [-0.1, -0.05) is 13.8 Å². The Labute approximate surface area is 157 Å². The lowest BCUT2D eigenvalue weighted by Gasteiger charge is -2.31. The number of nitrogens with one attached hydrogen (secondary N) is 2. The van der Waals surface area contributed by atoms with Gasteiger partial charge < -0.3 is 11.1 Å². The van der Waals surface area contributed by atoms with Crippen LogP contribution < -0.4 is 15.8 Å². The first kappa shape index (κ1) is 24.6. The van der Waals surface area contributed by atoms with Gasteiger partial charge in [-0.3, -0.25) is 4.79 Å². The number of carbonyl (C=O) groups excluding carboxylic acids is 1. The molecule has 0 saturated carbocycles. The van der Waals surface area contributed by atoms with Crippen molar-refractivity contribution in [1.82, 2.24) is 10.0 Å². The number of nitrogens with two attached hydrogens (primary N) is 1. The van der Waals surface area contributed by atoms with Crippen LogP contribution in [-0.4, -0.2) is 39.1 Å². The summed E-state index contributed by atoms with van der Waals surface area (Å²) in [5.74, 6) is -0.937. The number of benzene rings is 1. The Morgan fingerprint density at radius 2 is 1.62 bits per heavy atom. The van der Waals surface area contributed by atoms with Crippen molar-refractivity contribution < 1.29 is 26.4 Å². The molecule has 0 bridgehead atoms. The van der Waals surface area contributed by atoms with Crippen LogP contribution in [-0.2, 0) is 10.0 Å². The summed E-state index contributed by atoms with van der Waals surface area (Å²) in [5, 5.41) is 1.72. The van der Waals surface area contributed by atoms with Crippen molar-refractivity contribution in [2.24, 2.45) is 5.73 Å². The molecule has 0 unspecified atom stereocenters. The standard InChI is InChI=1S/C15H22F3N3O3S.ClH/c1-3-14(4-2,9-19)21-25(23,24)12-7-5-11(6-8-12)13(22)20-10-15(16,17)18;/h5-8,21H,3-4,9-10,19H2,1-2H3,(H,20,22);1H. The molecule has 150 valence electrons. The van der Waals surface area contributed by atoms with Crippen LogP contribution in [0.1, 0.15) is 37.0 Å². The van der Waals surface area contributed by atoms with Crippen LogP contribution in [0.2, 0.25) is 0 Å². The third kappa shape index (κ3) is 6.75. The van der Waals surface area contributed by atoms with E-state index in [1.165, 1.54) is 0 Å². The van der Waals surface area contributed by atoms with Gasteiger partial charge in [-0.25, -0.2) is 13.1 Å². The predicted molar refractivity (Wildman–Crippen MR) is 94.8 cm³/mol. The molecule has 26 heavy (non-hydrogen) atoms. The summed E-state index contributed by atoms with van der Waals surface area (Å²) in [7, 11) is -3.87. The molecular weight excluding hydrogens is 395 g/mol. The molecule has 0 aliphatic rings. The maximum Gasteiger partial charge on any atom is 0.405 e. The lowest BCUT2D eigenvalue weighted by molar-refractivity contribution is -0.123. The summed E-state index contributed by atoms with van der Waals surface area (Å²) in [6.07, 6.45) is -3.52. The van der Waals surface area contributed by atoms with Crippen LogP contribution in [0.3, 0.4) is 0 Å². The first-order valence-electron chi connectivity index (χ1n) is 7.67. The minimum Gasteiger partial charge on any atom is -0.343 e. The molecule has 4 N–H and O–H groups in total. The van der Waals surface area contributed by atoms with E-state index in [0.717, 1.165) is 24.3 Å². The van der Waals surface area contributed by atoms with E-state index in [1.54, 1.807) is 5.32 Å². The molecular formula is C15H23ClF3N3O3S. The monoisotopic (exact) mass is 417 g/mol. The Morgan fingerprint density at radius 3 is 2.00 bits per heavy atom. The maximum absolute atomic E-state index is 12.4. The fourth-order valence-corrected chi connectivity index (χ4v) is 3.69. The van der Waals surface area contributed by atoms with Crippen LogP contribution in [0.25, 0.3) is 0 Å². The first-order chi connectivity index (χ1) is 11.5. The Morgan fingerprint density at radius 1 is 1.12 bits per heavy atom. The summed E-state index contributed by atoms with van der Waals surface area (Å²) in [5.41, 5.74) is 4.83. The van der Waals surface area contributed by atoms with Crippen molar-refractivity contribution in [2.45, 2.75) is 43.3 Å². The number of sulfonamides is 1. The van der Waals surface area contributed by atoms with Crippen LogP contribution in [0.4, 0.5) is 13.2 Å². The number of hydrogen-bond acceptors (Lipinski definition) is 4. The minimum atomic E-state index is -4.52. The predicted octanol–water partition coefficient (Wildman–Crippen LogP) is 2.20.